The Labute approximate surface area is 200 Å². The highest BCUT2D eigenvalue weighted by Crippen LogP contribution is 2.29. The average Bonchev–Trinajstić information content (AvgIpc) is 3.31. The molecule has 3 aromatic carbocycles. The summed E-state index contributed by atoms with van der Waals surface area (Å²) in [6.07, 6.45) is 0.537. The first-order valence-corrected chi connectivity index (χ1v) is 11.2. The third-order valence-corrected chi connectivity index (χ3v) is 5.75. The third-order valence-electron chi connectivity index (χ3n) is 4.91. The number of amides is 2. The van der Waals surface area contributed by atoms with Crippen LogP contribution in [-0.2, 0) is 6.42 Å². The first-order chi connectivity index (χ1) is 16.6. The van der Waals surface area contributed by atoms with E-state index in [1.54, 1.807) is 62.8 Å². The van der Waals surface area contributed by atoms with Crippen LogP contribution in [0.15, 0.2) is 72.8 Å². The van der Waals surface area contributed by atoms with E-state index in [9.17, 15) is 9.59 Å². The molecule has 0 radical (unpaired) electrons. The molecule has 0 aliphatic carbocycles. The van der Waals surface area contributed by atoms with E-state index in [2.05, 4.69) is 20.8 Å². The second kappa shape index (κ2) is 10.6. The lowest BCUT2D eigenvalue weighted by atomic mass is 10.1. The Balaban J connectivity index is 1.40. The van der Waals surface area contributed by atoms with Crippen molar-refractivity contribution in [3.63, 3.8) is 0 Å². The molecule has 0 spiro atoms. The standard InChI is InChI=1S/C25H22N4O4S/c1-32-20-12-11-16(13-21(20)33-2)14-22-28-29-25(34-22)27-24(31)18-9-6-10-19(15-18)26-23(30)17-7-4-3-5-8-17/h3-13,15H,14H2,1-2H3,(H,26,30)(H,27,29,31). The fourth-order valence-corrected chi connectivity index (χ4v) is 4.01. The van der Waals surface area contributed by atoms with Gasteiger partial charge in [-0.2, -0.15) is 0 Å². The molecule has 1 aromatic heterocycles. The normalized spacial score (nSPS) is 10.4. The largest absolute Gasteiger partial charge is 0.493 e. The van der Waals surface area contributed by atoms with Gasteiger partial charge in [-0.05, 0) is 48.0 Å². The zero-order valence-corrected chi connectivity index (χ0v) is 19.4. The summed E-state index contributed by atoms with van der Waals surface area (Å²) in [5.74, 6) is 0.697. The van der Waals surface area contributed by atoms with Crippen LogP contribution in [0.3, 0.4) is 0 Å². The first-order valence-electron chi connectivity index (χ1n) is 10.4. The van der Waals surface area contributed by atoms with Crippen molar-refractivity contribution in [3.05, 3.63) is 94.5 Å². The van der Waals surface area contributed by atoms with Crippen molar-refractivity contribution >= 4 is 34.0 Å². The van der Waals surface area contributed by atoms with Gasteiger partial charge in [0.15, 0.2) is 11.5 Å². The quantitative estimate of drug-likeness (QED) is 0.385. The molecule has 34 heavy (non-hydrogen) atoms. The van der Waals surface area contributed by atoms with Crippen molar-refractivity contribution in [3.8, 4) is 11.5 Å². The van der Waals surface area contributed by atoms with Gasteiger partial charge in [-0.15, -0.1) is 10.2 Å². The van der Waals surface area contributed by atoms with Gasteiger partial charge in [0.05, 0.1) is 14.2 Å². The molecule has 4 rings (SSSR count). The highest BCUT2D eigenvalue weighted by molar-refractivity contribution is 7.15. The fourth-order valence-electron chi connectivity index (χ4n) is 3.24. The van der Waals surface area contributed by atoms with Crippen molar-refractivity contribution in [2.24, 2.45) is 0 Å². The molecule has 4 aromatic rings. The number of hydrogen-bond acceptors (Lipinski definition) is 7. The van der Waals surface area contributed by atoms with Crippen LogP contribution in [0, 0.1) is 0 Å². The number of carbonyl (C=O) groups is 2. The number of nitrogens with zero attached hydrogens (tertiary/aromatic N) is 2. The highest BCUT2D eigenvalue weighted by atomic mass is 32.1. The molecule has 172 valence electrons. The monoisotopic (exact) mass is 474 g/mol. The van der Waals surface area contributed by atoms with Gasteiger partial charge in [-0.1, -0.05) is 41.7 Å². The number of nitrogens with one attached hydrogen (secondary N) is 2. The zero-order chi connectivity index (χ0) is 23.9. The van der Waals surface area contributed by atoms with E-state index in [0.717, 1.165) is 10.6 Å². The highest BCUT2D eigenvalue weighted by Gasteiger charge is 2.13. The number of ether oxygens (including phenoxy) is 2. The Bertz CT molecular complexity index is 1310. The summed E-state index contributed by atoms with van der Waals surface area (Å²) in [5.41, 5.74) is 2.43. The number of benzene rings is 3. The lowest BCUT2D eigenvalue weighted by Crippen LogP contribution is -2.14. The Morgan fingerprint density at radius 3 is 2.29 bits per heavy atom. The summed E-state index contributed by atoms with van der Waals surface area (Å²) in [6, 6.07) is 21.2. The Morgan fingerprint density at radius 2 is 1.53 bits per heavy atom. The van der Waals surface area contributed by atoms with E-state index in [0.29, 0.717) is 39.9 Å². The van der Waals surface area contributed by atoms with E-state index in [4.69, 9.17) is 9.47 Å². The van der Waals surface area contributed by atoms with Gasteiger partial charge in [0.25, 0.3) is 11.8 Å². The molecule has 0 bridgehead atoms. The van der Waals surface area contributed by atoms with Gasteiger partial charge >= 0.3 is 0 Å². The van der Waals surface area contributed by atoms with E-state index >= 15 is 0 Å². The van der Waals surface area contributed by atoms with Crippen LogP contribution < -0.4 is 20.1 Å². The SMILES string of the molecule is COc1ccc(Cc2nnc(NC(=O)c3cccc(NC(=O)c4ccccc4)c3)s2)cc1OC. The van der Waals surface area contributed by atoms with Gasteiger partial charge in [0.1, 0.15) is 5.01 Å². The van der Waals surface area contributed by atoms with Crippen molar-refractivity contribution in [1.29, 1.82) is 0 Å². The minimum Gasteiger partial charge on any atom is -0.493 e. The molecule has 0 fully saturated rings. The minimum atomic E-state index is -0.343. The Morgan fingerprint density at radius 1 is 0.794 bits per heavy atom. The second-order valence-corrected chi connectivity index (χ2v) is 8.28. The molecule has 0 aliphatic rings. The predicted molar refractivity (Wildman–Crippen MR) is 131 cm³/mol. The summed E-state index contributed by atoms with van der Waals surface area (Å²) in [4.78, 5) is 25.1. The van der Waals surface area contributed by atoms with Crippen molar-refractivity contribution < 1.29 is 19.1 Å². The molecule has 2 amide bonds. The van der Waals surface area contributed by atoms with Gasteiger partial charge in [-0.25, -0.2) is 0 Å². The maximum absolute atomic E-state index is 12.7. The fraction of sp³-hybridized carbons (Fsp3) is 0.120. The second-order valence-electron chi connectivity index (χ2n) is 7.22. The molecule has 0 aliphatic heterocycles. The van der Waals surface area contributed by atoms with Gasteiger partial charge in [-0.3, -0.25) is 14.9 Å². The lowest BCUT2D eigenvalue weighted by Gasteiger charge is -2.08. The molecule has 0 unspecified atom stereocenters. The van der Waals surface area contributed by atoms with Crippen LogP contribution in [0.25, 0.3) is 0 Å². The molecular weight excluding hydrogens is 452 g/mol. The molecule has 9 heteroatoms. The molecule has 8 nitrogen and oxygen atoms in total. The topological polar surface area (TPSA) is 102 Å². The van der Waals surface area contributed by atoms with Crippen LogP contribution >= 0.6 is 11.3 Å². The van der Waals surface area contributed by atoms with E-state index in [1.807, 2.05) is 24.3 Å². The van der Waals surface area contributed by atoms with Crippen LogP contribution in [0.5, 0.6) is 11.5 Å². The molecule has 0 saturated heterocycles. The van der Waals surface area contributed by atoms with Crippen LogP contribution in [0.4, 0.5) is 10.8 Å². The van der Waals surface area contributed by atoms with E-state index in [1.165, 1.54) is 11.3 Å². The average molecular weight is 475 g/mol. The Kier molecular flexibility index (Phi) is 7.14. The predicted octanol–water partition coefficient (Wildman–Crippen LogP) is 4.65. The summed E-state index contributed by atoms with van der Waals surface area (Å²) >= 11 is 1.29. The summed E-state index contributed by atoms with van der Waals surface area (Å²) in [6.45, 7) is 0. The van der Waals surface area contributed by atoms with Crippen LogP contribution in [-0.4, -0.2) is 36.2 Å². The number of hydrogen-bond donors (Lipinski definition) is 2. The molecule has 0 saturated carbocycles. The number of rotatable bonds is 8. The smallest absolute Gasteiger partial charge is 0.257 e. The van der Waals surface area contributed by atoms with E-state index in [-0.39, 0.29) is 11.8 Å². The number of anilines is 2. The van der Waals surface area contributed by atoms with Gasteiger partial charge in [0.2, 0.25) is 5.13 Å². The number of carbonyl (C=O) groups excluding carboxylic acids is 2. The minimum absolute atomic E-state index is 0.248. The summed E-state index contributed by atoms with van der Waals surface area (Å²) in [7, 11) is 3.17. The van der Waals surface area contributed by atoms with Crippen LogP contribution in [0.2, 0.25) is 0 Å². The van der Waals surface area contributed by atoms with Gasteiger partial charge in [0, 0.05) is 23.2 Å². The summed E-state index contributed by atoms with van der Waals surface area (Å²) in [5, 5.41) is 14.9. The molecule has 1 heterocycles. The maximum atomic E-state index is 12.7. The third kappa shape index (κ3) is 5.57. The number of aromatic nitrogens is 2. The maximum Gasteiger partial charge on any atom is 0.257 e. The van der Waals surface area contributed by atoms with Gasteiger partial charge < -0.3 is 14.8 Å². The number of methoxy groups -OCH3 is 2. The molecule has 0 atom stereocenters. The van der Waals surface area contributed by atoms with E-state index < -0.39 is 0 Å². The summed E-state index contributed by atoms with van der Waals surface area (Å²) < 4.78 is 10.6. The molecular formula is C25H22N4O4S. The molecule has 2 N–H and O–H groups in total. The van der Waals surface area contributed by atoms with Crippen molar-refractivity contribution in [2.45, 2.75) is 6.42 Å². The van der Waals surface area contributed by atoms with Crippen molar-refractivity contribution in [1.82, 2.24) is 10.2 Å². The lowest BCUT2D eigenvalue weighted by molar-refractivity contribution is 0.101. The van der Waals surface area contributed by atoms with Crippen molar-refractivity contribution in [2.75, 3.05) is 24.9 Å². The first kappa shape index (κ1) is 22.9. The van der Waals surface area contributed by atoms with Crippen LogP contribution in [0.1, 0.15) is 31.3 Å². The Hall–Kier alpha value is -4.24. The zero-order valence-electron chi connectivity index (χ0n) is 18.6.